The van der Waals surface area contributed by atoms with Gasteiger partial charge in [0.25, 0.3) is 0 Å². The van der Waals surface area contributed by atoms with Crippen molar-refractivity contribution in [1.29, 1.82) is 0 Å². The third kappa shape index (κ3) is 2.00. The molecular weight excluding hydrogens is 178 g/mol. The highest BCUT2D eigenvalue weighted by atomic mass is 16.7. The second-order valence-electron chi connectivity index (χ2n) is 3.16. The topological polar surface area (TPSA) is 31.4 Å². The summed E-state index contributed by atoms with van der Waals surface area (Å²) in [5.41, 5.74) is 2.00. The molecule has 1 saturated heterocycles. The highest BCUT2D eigenvalue weighted by molar-refractivity contribution is 5.17. The highest BCUT2D eigenvalue weighted by Crippen LogP contribution is 2.21. The Kier molecular flexibility index (Phi) is 2.91. The van der Waals surface area contributed by atoms with Crippen LogP contribution in [0.3, 0.4) is 0 Å². The maximum absolute atomic E-state index is 5.33. The summed E-state index contributed by atoms with van der Waals surface area (Å²) in [6.07, 6.45) is 4.27. The Morgan fingerprint density at radius 3 is 2.79 bits per heavy atom. The second-order valence-corrected chi connectivity index (χ2v) is 3.16. The first kappa shape index (κ1) is 9.37. The fourth-order valence-electron chi connectivity index (χ4n) is 1.39. The van der Waals surface area contributed by atoms with Crippen molar-refractivity contribution < 1.29 is 9.47 Å². The van der Waals surface area contributed by atoms with E-state index < -0.39 is 0 Å². The zero-order chi connectivity index (χ0) is 9.80. The van der Waals surface area contributed by atoms with E-state index in [-0.39, 0.29) is 6.29 Å². The Bertz CT molecular complexity index is 302. The second kappa shape index (κ2) is 4.35. The van der Waals surface area contributed by atoms with Gasteiger partial charge in [0.15, 0.2) is 0 Å². The fourth-order valence-corrected chi connectivity index (χ4v) is 1.39. The van der Waals surface area contributed by atoms with Gasteiger partial charge in [0, 0.05) is 6.20 Å². The minimum atomic E-state index is -0.271. The van der Waals surface area contributed by atoms with Crippen LogP contribution in [0.25, 0.3) is 0 Å². The molecule has 1 aliphatic heterocycles. The molecule has 14 heavy (non-hydrogen) atoms. The van der Waals surface area contributed by atoms with E-state index in [9.17, 15) is 0 Å². The van der Waals surface area contributed by atoms with Crippen LogP contribution in [0.2, 0.25) is 0 Å². The van der Waals surface area contributed by atoms with Crippen molar-refractivity contribution in [2.75, 3.05) is 13.2 Å². The molecule has 1 fully saturated rings. The van der Waals surface area contributed by atoms with E-state index in [0.717, 1.165) is 17.7 Å². The smallest absolute Gasteiger partial charge is 0.201 e. The SMILES string of the molecule is C=CCc1ccc(C2OCCO2)nc1. The molecule has 0 aromatic carbocycles. The standard InChI is InChI=1S/C11H13NO2/c1-2-3-9-4-5-10(12-8-9)11-13-6-7-14-11/h2,4-5,8,11H,1,3,6-7H2. The summed E-state index contributed by atoms with van der Waals surface area (Å²) in [4.78, 5) is 4.28. The molecule has 0 spiro atoms. The molecule has 3 heteroatoms. The zero-order valence-corrected chi connectivity index (χ0v) is 7.98. The number of ether oxygens (including phenoxy) is 2. The number of aromatic nitrogens is 1. The van der Waals surface area contributed by atoms with Gasteiger partial charge in [-0.2, -0.15) is 0 Å². The van der Waals surface area contributed by atoms with Crippen LogP contribution in [0.4, 0.5) is 0 Å². The van der Waals surface area contributed by atoms with Gasteiger partial charge < -0.3 is 9.47 Å². The first-order valence-electron chi connectivity index (χ1n) is 4.69. The Balaban J connectivity index is 2.08. The van der Waals surface area contributed by atoms with Gasteiger partial charge in [0.05, 0.1) is 18.9 Å². The van der Waals surface area contributed by atoms with Crippen LogP contribution in [0.15, 0.2) is 31.0 Å². The largest absolute Gasteiger partial charge is 0.345 e. The number of pyridine rings is 1. The number of allylic oxidation sites excluding steroid dienone is 1. The summed E-state index contributed by atoms with van der Waals surface area (Å²) in [6.45, 7) is 4.99. The van der Waals surface area contributed by atoms with Crippen molar-refractivity contribution in [3.05, 3.63) is 42.2 Å². The summed E-state index contributed by atoms with van der Waals surface area (Å²) >= 11 is 0. The molecule has 0 aliphatic carbocycles. The first-order chi connectivity index (χ1) is 6.90. The fraction of sp³-hybridized carbons (Fsp3) is 0.364. The predicted octanol–water partition coefficient (Wildman–Crippen LogP) is 1.86. The molecule has 0 unspecified atom stereocenters. The van der Waals surface area contributed by atoms with Gasteiger partial charge >= 0.3 is 0 Å². The van der Waals surface area contributed by atoms with Crippen molar-refractivity contribution in [3.63, 3.8) is 0 Å². The number of rotatable bonds is 3. The molecule has 0 bridgehead atoms. The lowest BCUT2D eigenvalue weighted by molar-refractivity contribution is -0.0472. The van der Waals surface area contributed by atoms with E-state index in [1.165, 1.54) is 0 Å². The quantitative estimate of drug-likeness (QED) is 0.683. The van der Waals surface area contributed by atoms with E-state index in [2.05, 4.69) is 11.6 Å². The van der Waals surface area contributed by atoms with E-state index >= 15 is 0 Å². The molecule has 2 heterocycles. The van der Waals surface area contributed by atoms with Crippen molar-refractivity contribution in [2.45, 2.75) is 12.7 Å². The Hall–Kier alpha value is -1.19. The first-order valence-corrected chi connectivity index (χ1v) is 4.69. The molecule has 74 valence electrons. The molecule has 1 aromatic heterocycles. The predicted molar refractivity (Wildman–Crippen MR) is 52.8 cm³/mol. The van der Waals surface area contributed by atoms with Crippen molar-refractivity contribution in [1.82, 2.24) is 4.98 Å². The molecule has 3 nitrogen and oxygen atoms in total. The molecule has 1 aromatic rings. The molecule has 1 aliphatic rings. The molecule has 0 amide bonds. The zero-order valence-electron chi connectivity index (χ0n) is 7.98. The van der Waals surface area contributed by atoms with Crippen LogP contribution in [-0.2, 0) is 15.9 Å². The van der Waals surface area contributed by atoms with Crippen molar-refractivity contribution in [3.8, 4) is 0 Å². The Labute approximate surface area is 83.4 Å². The molecule has 0 atom stereocenters. The van der Waals surface area contributed by atoms with E-state index in [1.54, 1.807) is 0 Å². The van der Waals surface area contributed by atoms with Crippen LogP contribution in [-0.4, -0.2) is 18.2 Å². The van der Waals surface area contributed by atoms with Crippen molar-refractivity contribution in [2.24, 2.45) is 0 Å². The minimum Gasteiger partial charge on any atom is -0.345 e. The monoisotopic (exact) mass is 191 g/mol. The summed E-state index contributed by atoms with van der Waals surface area (Å²) in [5, 5.41) is 0. The van der Waals surface area contributed by atoms with Gasteiger partial charge in [0.1, 0.15) is 0 Å². The van der Waals surface area contributed by atoms with Gasteiger partial charge in [-0.3, -0.25) is 4.98 Å². The van der Waals surface area contributed by atoms with Gasteiger partial charge in [-0.25, -0.2) is 0 Å². The lowest BCUT2D eigenvalue weighted by atomic mass is 10.2. The maximum atomic E-state index is 5.33. The van der Waals surface area contributed by atoms with E-state index in [1.807, 2.05) is 24.4 Å². The average Bonchev–Trinajstić information content (AvgIpc) is 2.72. The van der Waals surface area contributed by atoms with Gasteiger partial charge in [-0.15, -0.1) is 6.58 Å². The summed E-state index contributed by atoms with van der Waals surface area (Å²) in [6, 6.07) is 3.96. The lowest BCUT2D eigenvalue weighted by Crippen LogP contribution is -2.01. The summed E-state index contributed by atoms with van der Waals surface area (Å²) in [7, 11) is 0. The lowest BCUT2D eigenvalue weighted by Gasteiger charge is -2.07. The average molecular weight is 191 g/mol. The van der Waals surface area contributed by atoms with Crippen LogP contribution < -0.4 is 0 Å². The summed E-state index contributed by atoms with van der Waals surface area (Å²) < 4.78 is 10.7. The molecule has 2 rings (SSSR count). The van der Waals surface area contributed by atoms with E-state index in [4.69, 9.17) is 9.47 Å². The molecule has 0 radical (unpaired) electrons. The Morgan fingerprint density at radius 1 is 1.43 bits per heavy atom. The van der Waals surface area contributed by atoms with Crippen LogP contribution in [0, 0.1) is 0 Å². The molecule has 0 N–H and O–H groups in total. The van der Waals surface area contributed by atoms with E-state index in [0.29, 0.717) is 13.2 Å². The van der Waals surface area contributed by atoms with Gasteiger partial charge in [-0.1, -0.05) is 12.1 Å². The minimum absolute atomic E-state index is 0.271. The van der Waals surface area contributed by atoms with Gasteiger partial charge in [0.2, 0.25) is 6.29 Å². The maximum Gasteiger partial charge on any atom is 0.201 e. The van der Waals surface area contributed by atoms with Crippen LogP contribution in [0.1, 0.15) is 17.5 Å². The van der Waals surface area contributed by atoms with Crippen molar-refractivity contribution >= 4 is 0 Å². The normalized spacial score (nSPS) is 17.1. The third-order valence-electron chi connectivity index (χ3n) is 2.09. The number of hydrogen-bond donors (Lipinski definition) is 0. The third-order valence-corrected chi connectivity index (χ3v) is 2.09. The number of nitrogens with zero attached hydrogens (tertiary/aromatic N) is 1. The molecular formula is C11H13NO2. The number of hydrogen-bond acceptors (Lipinski definition) is 3. The molecule has 0 saturated carbocycles. The van der Waals surface area contributed by atoms with Gasteiger partial charge in [-0.05, 0) is 18.1 Å². The summed E-state index contributed by atoms with van der Waals surface area (Å²) in [5.74, 6) is 0. The highest BCUT2D eigenvalue weighted by Gasteiger charge is 2.18. The Morgan fingerprint density at radius 2 is 2.21 bits per heavy atom. The van der Waals surface area contributed by atoms with Crippen LogP contribution >= 0.6 is 0 Å². The van der Waals surface area contributed by atoms with Crippen LogP contribution in [0.5, 0.6) is 0 Å².